The third kappa shape index (κ3) is 4.49. The van der Waals surface area contributed by atoms with Crippen LogP contribution in [0.4, 0.5) is 11.4 Å². The molecule has 0 spiro atoms. The van der Waals surface area contributed by atoms with E-state index in [2.05, 4.69) is 5.32 Å². The van der Waals surface area contributed by atoms with Gasteiger partial charge >= 0.3 is 0 Å². The van der Waals surface area contributed by atoms with Gasteiger partial charge in [-0.1, -0.05) is 35.4 Å². The molecular formula is C17H19ClN2O3S. The lowest BCUT2D eigenvalue weighted by molar-refractivity contribution is -0.114. The number of halogens is 1. The molecule has 0 aliphatic carbocycles. The van der Waals surface area contributed by atoms with E-state index in [0.717, 1.165) is 16.1 Å². The molecule has 7 heteroatoms. The molecule has 1 amide bonds. The Labute approximate surface area is 147 Å². The second-order valence-corrected chi connectivity index (χ2v) is 7.88. The molecule has 0 radical (unpaired) electrons. The summed E-state index contributed by atoms with van der Waals surface area (Å²) in [5, 5.41) is 3.14. The number of carbonyl (C=O) groups excluding carboxylic acids is 1. The molecule has 0 atom stereocenters. The fourth-order valence-electron chi connectivity index (χ4n) is 2.22. The predicted molar refractivity (Wildman–Crippen MR) is 98.2 cm³/mol. The lowest BCUT2D eigenvalue weighted by Crippen LogP contribution is -2.37. The molecule has 1 N–H and O–H groups in total. The summed E-state index contributed by atoms with van der Waals surface area (Å²) in [4.78, 5) is 12.3. The average molecular weight is 367 g/mol. The van der Waals surface area contributed by atoms with Gasteiger partial charge in [-0.3, -0.25) is 9.10 Å². The summed E-state index contributed by atoms with van der Waals surface area (Å²) < 4.78 is 25.3. The molecule has 128 valence electrons. The van der Waals surface area contributed by atoms with Gasteiger partial charge in [-0.25, -0.2) is 8.42 Å². The molecule has 0 bridgehead atoms. The van der Waals surface area contributed by atoms with Crippen LogP contribution in [0.1, 0.15) is 11.1 Å². The van der Waals surface area contributed by atoms with Gasteiger partial charge in [0.25, 0.3) is 0 Å². The number of hydrogen-bond acceptors (Lipinski definition) is 3. The zero-order chi connectivity index (χ0) is 17.9. The van der Waals surface area contributed by atoms with Gasteiger partial charge < -0.3 is 5.32 Å². The largest absolute Gasteiger partial charge is 0.325 e. The first-order chi connectivity index (χ1) is 11.2. The van der Waals surface area contributed by atoms with Gasteiger partial charge in [0.05, 0.1) is 11.9 Å². The van der Waals surface area contributed by atoms with Crippen molar-refractivity contribution < 1.29 is 13.2 Å². The van der Waals surface area contributed by atoms with Gasteiger partial charge in [0.15, 0.2) is 0 Å². The number of rotatable bonds is 5. The van der Waals surface area contributed by atoms with Crippen LogP contribution in [0.5, 0.6) is 0 Å². The van der Waals surface area contributed by atoms with Crippen LogP contribution in [0.25, 0.3) is 0 Å². The molecule has 0 aliphatic heterocycles. The first kappa shape index (κ1) is 18.3. The van der Waals surface area contributed by atoms with Crippen molar-refractivity contribution in [2.75, 3.05) is 22.4 Å². The Morgan fingerprint density at radius 1 is 1.12 bits per heavy atom. The first-order valence-electron chi connectivity index (χ1n) is 7.28. The first-order valence-corrected chi connectivity index (χ1v) is 9.50. The predicted octanol–water partition coefficient (Wildman–Crippen LogP) is 3.36. The van der Waals surface area contributed by atoms with Crippen LogP contribution in [0.2, 0.25) is 5.02 Å². The number of carbonyl (C=O) groups is 1. The number of benzene rings is 2. The zero-order valence-corrected chi connectivity index (χ0v) is 15.3. The quantitative estimate of drug-likeness (QED) is 0.882. The van der Waals surface area contributed by atoms with E-state index >= 15 is 0 Å². The fourth-order valence-corrected chi connectivity index (χ4v) is 3.29. The molecule has 2 rings (SSSR count). The Bertz CT molecular complexity index is 849. The minimum absolute atomic E-state index is 0.326. The van der Waals surface area contributed by atoms with Gasteiger partial charge in [0, 0.05) is 10.7 Å². The fraction of sp³-hybridized carbons (Fsp3) is 0.235. The smallest absolute Gasteiger partial charge is 0.245 e. The molecule has 0 fully saturated rings. The molecule has 0 aliphatic rings. The van der Waals surface area contributed by atoms with Crippen molar-refractivity contribution in [1.29, 1.82) is 0 Å². The molecule has 5 nitrogen and oxygen atoms in total. The second kappa shape index (κ2) is 7.23. The lowest BCUT2D eigenvalue weighted by atomic mass is 10.2. The Hall–Kier alpha value is -2.05. The number of nitrogens with one attached hydrogen (secondary N) is 1. The maximum atomic E-state index is 12.3. The maximum Gasteiger partial charge on any atom is 0.245 e. The van der Waals surface area contributed by atoms with Crippen LogP contribution in [0.15, 0.2) is 42.5 Å². The molecule has 0 heterocycles. The minimum Gasteiger partial charge on any atom is -0.325 e. The van der Waals surface area contributed by atoms with E-state index in [9.17, 15) is 13.2 Å². The van der Waals surface area contributed by atoms with Crippen LogP contribution in [-0.2, 0) is 14.8 Å². The highest BCUT2D eigenvalue weighted by molar-refractivity contribution is 7.92. The van der Waals surface area contributed by atoms with Crippen LogP contribution in [0.3, 0.4) is 0 Å². The molecule has 0 unspecified atom stereocenters. The van der Waals surface area contributed by atoms with Crippen molar-refractivity contribution in [3.05, 3.63) is 58.6 Å². The summed E-state index contributed by atoms with van der Waals surface area (Å²) in [6.45, 7) is 3.33. The lowest BCUT2D eigenvalue weighted by Gasteiger charge is -2.24. The standard InChI is InChI=1S/C17H19ClN2O3S/c1-12-7-9-14(10-8-12)19-17(21)11-20(24(3,22)23)16-6-4-5-15(18)13(16)2/h4-10H,11H2,1-3H3,(H,19,21). The van der Waals surface area contributed by atoms with Crippen molar-refractivity contribution in [3.63, 3.8) is 0 Å². The van der Waals surface area contributed by atoms with Gasteiger partial charge in [0.2, 0.25) is 15.9 Å². The normalized spacial score (nSPS) is 11.2. The Morgan fingerprint density at radius 3 is 2.33 bits per heavy atom. The van der Waals surface area contributed by atoms with E-state index in [0.29, 0.717) is 22.0 Å². The SMILES string of the molecule is Cc1ccc(NC(=O)CN(c2cccc(Cl)c2C)S(C)(=O)=O)cc1. The van der Waals surface area contributed by atoms with Crippen molar-refractivity contribution in [1.82, 2.24) is 0 Å². The number of nitrogens with zero attached hydrogens (tertiary/aromatic N) is 1. The van der Waals surface area contributed by atoms with E-state index in [1.54, 1.807) is 37.3 Å². The highest BCUT2D eigenvalue weighted by Gasteiger charge is 2.23. The van der Waals surface area contributed by atoms with Gasteiger partial charge in [-0.15, -0.1) is 0 Å². The van der Waals surface area contributed by atoms with E-state index < -0.39 is 15.9 Å². The molecule has 2 aromatic carbocycles. The van der Waals surface area contributed by atoms with Crippen LogP contribution in [-0.4, -0.2) is 27.1 Å². The van der Waals surface area contributed by atoms with Crippen molar-refractivity contribution in [2.24, 2.45) is 0 Å². The highest BCUT2D eigenvalue weighted by Crippen LogP contribution is 2.28. The van der Waals surface area contributed by atoms with E-state index in [1.807, 2.05) is 19.1 Å². The van der Waals surface area contributed by atoms with Crippen LogP contribution < -0.4 is 9.62 Å². The number of sulfonamides is 1. The monoisotopic (exact) mass is 366 g/mol. The van der Waals surface area contributed by atoms with Gasteiger partial charge in [-0.05, 0) is 43.7 Å². The molecule has 24 heavy (non-hydrogen) atoms. The Kier molecular flexibility index (Phi) is 5.51. The zero-order valence-electron chi connectivity index (χ0n) is 13.7. The molecular weight excluding hydrogens is 348 g/mol. The summed E-state index contributed by atoms with van der Waals surface area (Å²) in [5.41, 5.74) is 2.68. The average Bonchev–Trinajstić information content (AvgIpc) is 2.49. The number of hydrogen-bond donors (Lipinski definition) is 1. The third-order valence-corrected chi connectivity index (χ3v) is 5.07. The molecule has 2 aromatic rings. The topological polar surface area (TPSA) is 66.5 Å². The van der Waals surface area contributed by atoms with Crippen molar-refractivity contribution in [3.8, 4) is 0 Å². The number of anilines is 2. The molecule has 0 saturated heterocycles. The molecule has 0 saturated carbocycles. The second-order valence-electron chi connectivity index (χ2n) is 5.57. The highest BCUT2D eigenvalue weighted by atomic mass is 35.5. The van der Waals surface area contributed by atoms with Crippen LogP contribution in [0, 0.1) is 13.8 Å². The minimum atomic E-state index is -3.64. The molecule has 0 aromatic heterocycles. The summed E-state index contributed by atoms with van der Waals surface area (Å²) >= 11 is 6.07. The summed E-state index contributed by atoms with van der Waals surface area (Å²) in [5.74, 6) is -0.427. The number of aryl methyl sites for hydroxylation is 1. The van der Waals surface area contributed by atoms with Gasteiger partial charge in [0.1, 0.15) is 6.54 Å². The van der Waals surface area contributed by atoms with E-state index in [-0.39, 0.29) is 6.54 Å². The Morgan fingerprint density at radius 2 is 1.75 bits per heavy atom. The van der Waals surface area contributed by atoms with Crippen molar-refractivity contribution in [2.45, 2.75) is 13.8 Å². The van der Waals surface area contributed by atoms with Crippen LogP contribution >= 0.6 is 11.6 Å². The summed E-state index contributed by atoms with van der Waals surface area (Å²) in [7, 11) is -3.64. The van der Waals surface area contributed by atoms with E-state index in [4.69, 9.17) is 11.6 Å². The summed E-state index contributed by atoms with van der Waals surface area (Å²) in [6, 6.07) is 12.2. The number of amides is 1. The van der Waals surface area contributed by atoms with E-state index in [1.165, 1.54) is 0 Å². The Balaban J connectivity index is 2.25. The van der Waals surface area contributed by atoms with Gasteiger partial charge in [-0.2, -0.15) is 0 Å². The van der Waals surface area contributed by atoms with Crippen molar-refractivity contribution >= 4 is 38.9 Å². The maximum absolute atomic E-state index is 12.3. The summed E-state index contributed by atoms with van der Waals surface area (Å²) in [6.07, 6.45) is 1.06. The third-order valence-electron chi connectivity index (χ3n) is 3.53.